The Bertz CT molecular complexity index is 330. The first-order chi connectivity index (χ1) is 9.97. The zero-order chi connectivity index (χ0) is 16.1. The molecule has 3 N–H and O–H groups in total. The number of carbonyl (C=O) groups excluding carboxylic acids is 2. The van der Waals surface area contributed by atoms with E-state index >= 15 is 0 Å². The molecule has 0 saturated carbocycles. The van der Waals surface area contributed by atoms with Gasteiger partial charge in [-0.25, -0.2) is 4.79 Å². The number of rotatable bonds is 12. The second kappa shape index (κ2) is 12.3. The summed E-state index contributed by atoms with van der Waals surface area (Å²) >= 11 is 0. The zero-order valence-electron chi connectivity index (χ0n) is 12.8. The topological polar surface area (TPSA) is 107 Å². The minimum Gasteiger partial charge on any atom is -0.449 e. The first-order valence-corrected chi connectivity index (χ1v) is 7.69. The lowest BCUT2D eigenvalue weighted by molar-refractivity contribution is -0.140. The van der Waals surface area contributed by atoms with Gasteiger partial charge in [-0.05, 0) is 6.42 Å². The van der Waals surface area contributed by atoms with Gasteiger partial charge in [-0.3, -0.25) is 9.59 Å². The van der Waals surface area contributed by atoms with Crippen molar-refractivity contribution in [1.82, 2.24) is 0 Å². The molecule has 0 heterocycles. The third-order valence-corrected chi connectivity index (χ3v) is 3.31. The van der Waals surface area contributed by atoms with Crippen molar-refractivity contribution in [2.24, 2.45) is 5.73 Å². The van der Waals surface area contributed by atoms with Crippen LogP contribution < -0.4 is 5.73 Å². The molecule has 0 aromatic carbocycles. The monoisotopic (exact) mass is 301 g/mol. The molecule has 0 bridgehead atoms. The van der Waals surface area contributed by atoms with Gasteiger partial charge in [0.2, 0.25) is 0 Å². The van der Waals surface area contributed by atoms with Crippen LogP contribution in [0.4, 0.5) is 4.79 Å². The van der Waals surface area contributed by atoms with Gasteiger partial charge in [0.1, 0.15) is 5.78 Å². The summed E-state index contributed by atoms with van der Waals surface area (Å²) in [6.07, 6.45) is 6.75. The molecule has 0 fully saturated rings. The second-order valence-electron chi connectivity index (χ2n) is 5.22. The first kappa shape index (κ1) is 19.6. The molecule has 0 saturated heterocycles. The summed E-state index contributed by atoms with van der Waals surface area (Å²) in [7, 11) is 0. The van der Waals surface area contributed by atoms with Crippen molar-refractivity contribution in [3.63, 3.8) is 0 Å². The van der Waals surface area contributed by atoms with Gasteiger partial charge in [-0.2, -0.15) is 0 Å². The standard InChI is InChI=1S/C15H27NO5/c1-2-3-4-5-6-7-8-9-12(16)13(17)10-11-14(18)21-15(19)20/h12H,2-11,16H2,1H3,(H,19,20). The molecule has 6 nitrogen and oxygen atoms in total. The first-order valence-electron chi connectivity index (χ1n) is 7.69. The Morgan fingerprint density at radius 2 is 1.57 bits per heavy atom. The van der Waals surface area contributed by atoms with Crippen LogP contribution in [0, 0.1) is 0 Å². The quantitative estimate of drug-likeness (QED) is 0.326. The third-order valence-electron chi connectivity index (χ3n) is 3.31. The lowest BCUT2D eigenvalue weighted by atomic mass is 10.0. The van der Waals surface area contributed by atoms with Crippen molar-refractivity contribution in [3.8, 4) is 0 Å². The fraction of sp³-hybridized carbons (Fsp3) is 0.800. The van der Waals surface area contributed by atoms with Crippen molar-refractivity contribution in [2.45, 2.75) is 77.2 Å². The maximum Gasteiger partial charge on any atom is 0.513 e. The average Bonchev–Trinajstić information content (AvgIpc) is 2.42. The number of nitrogens with two attached hydrogens (primary N) is 1. The smallest absolute Gasteiger partial charge is 0.449 e. The van der Waals surface area contributed by atoms with E-state index in [1.807, 2.05) is 0 Å². The van der Waals surface area contributed by atoms with Gasteiger partial charge in [0.05, 0.1) is 12.5 Å². The fourth-order valence-corrected chi connectivity index (χ4v) is 2.04. The van der Waals surface area contributed by atoms with Crippen LogP contribution >= 0.6 is 0 Å². The van der Waals surface area contributed by atoms with Crippen LogP contribution in [-0.4, -0.2) is 29.1 Å². The number of unbranched alkanes of at least 4 members (excludes halogenated alkanes) is 6. The molecule has 0 aromatic heterocycles. The van der Waals surface area contributed by atoms with Crippen LogP contribution in [0.1, 0.15) is 71.1 Å². The number of hydrogen-bond acceptors (Lipinski definition) is 5. The number of Topliss-reactive ketones (excluding diaryl/α,β-unsaturated/α-hetero) is 1. The van der Waals surface area contributed by atoms with E-state index in [2.05, 4.69) is 11.7 Å². The molecule has 0 aliphatic heterocycles. The highest BCUT2D eigenvalue weighted by Crippen LogP contribution is 2.10. The van der Waals surface area contributed by atoms with Gasteiger partial charge in [0, 0.05) is 6.42 Å². The van der Waals surface area contributed by atoms with Gasteiger partial charge in [-0.15, -0.1) is 0 Å². The highest BCUT2D eigenvalue weighted by Gasteiger charge is 2.16. The molecule has 0 amide bonds. The lowest BCUT2D eigenvalue weighted by Gasteiger charge is -2.09. The van der Waals surface area contributed by atoms with Crippen LogP contribution in [0.3, 0.4) is 0 Å². The highest BCUT2D eigenvalue weighted by molar-refractivity contribution is 5.88. The lowest BCUT2D eigenvalue weighted by Crippen LogP contribution is -2.30. The summed E-state index contributed by atoms with van der Waals surface area (Å²) in [6, 6.07) is -0.571. The van der Waals surface area contributed by atoms with Crippen LogP contribution in [0.25, 0.3) is 0 Å². The SMILES string of the molecule is CCCCCCCCCC(N)C(=O)CCC(=O)OC(=O)O. The predicted molar refractivity (Wildman–Crippen MR) is 78.9 cm³/mol. The summed E-state index contributed by atoms with van der Waals surface area (Å²) in [5, 5.41) is 8.23. The van der Waals surface area contributed by atoms with Crippen molar-refractivity contribution in [2.75, 3.05) is 0 Å². The predicted octanol–water partition coefficient (Wildman–Crippen LogP) is 3.02. The fourth-order valence-electron chi connectivity index (χ4n) is 2.04. The van der Waals surface area contributed by atoms with Gasteiger partial charge in [0.15, 0.2) is 0 Å². The molecule has 6 heteroatoms. The molecular formula is C15H27NO5. The number of carbonyl (C=O) groups is 3. The maximum absolute atomic E-state index is 11.7. The molecule has 0 rings (SSSR count). The van der Waals surface area contributed by atoms with E-state index in [1.165, 1.54) is 25.7 Å². The van der Waals surface area contributed by atoms with E-state index < -0.39 is 18.2 Å². The Kier molecular flexibility index (Phi) is 11.5. The van der Waals surface area contributed by atoms with Crippen molar-refractivity contribution in [1.29, 1.82) is 0 Å². The van der Waals surface area contributed by atoms with Crippen molar-refractivity contribution < 1.29 is 24.2 Å². The molecule has 122 valence electrons. The Morgan fingerprint density at radius 1 is 1.00 bits per heavy atom. The Labute approximate surface area is 126 Å². The van der Waals surface area contributed by atoms with Gasteiger partial charge < -0.3 is 15.6 Å². The summed E-state index contributed by atoms with van der Waals surface area (Å²) in [5.41, 5.74) is 5.75. The second-order valence-corrected chi connectivity index (χ2v) is 5.22. The third kappa shape index (κ3) is 12.1. The number of esters is 1. The van der Waals surface area contributed by atoms with Crippen LogP contribution in [0.5, 0.6) is 0 Å². The van der Waals surface area contributed by atoms with Gasteiger partial charge >= 0.3 is 12.1 Å². The molecule has 0 aliphatic carbocycles. The number of hydrogen-bond donors (Lipinski definition) is 2. The van der Waals surface area contributed by atoms with Crippen LogP contribution in [-0.2, 0) is 14.3 Å². The Hall–Kier alpha value is -1.43. The average molecular weight is 301 g/mol. The van der Waals surface area contributed by atoms with Gasteiger partial charge in [-0.1, -0.05) is 51.9 Å². The van der Waals surface area contributed by atoms with E-state index in [9.17, 15) is 14.4 Å². The van der Waals surface area contributed by atoms with Crippen molar-refractivity contribution >= 4 is 17.9 Å². The van der Waals surface area contributed by atoms with Crippen LogP contribution in [0.2, 0.25) is 0 Å². The summed E-state index contributed by atoms with van der Waals surface area (Å²) in [5.74, 6) is -1.14. The Balaban J connectivity index is 3.61. The van der Waals surface area contributed by atoms with E-state index in [0.717, 1.165) is 19.3 Å². The zero-order valence-corrected chi connectivity index (χ0v) is 12.8. The Morgan fingerprint density at radius 3 is 2.14 bits per heavy atom. The summed E-state index contributed by atoms with van der Waals surface area (Å²) in [6.45, 7) is 2.18. The number of carboxylic acid groups (broad SMARTS) is 1. The molecule has 0 aliphatic rings. The largest absolute Gasteiger partial charge is 0.513 e. The molecule has 0 radical (unpaired) electrons. The number of ether oxygens (including phenoxy) is 1. The molecule has 0 spiro atoms. The molecular weight excluding hydrogens is 274 g/mol. The molecule has 21 heavy (non-hydrogen) atoms. The van der Waals surface area contributed by atoms with E-state index in [0.29, 0.717) is 6.42 Å². The molecule has 1 unspecified atom stereocenters. The molecule has 1 atom stereocenters. The van der Waals surface area contributed by atoms with Gasteiger partial charge in [0.25, 0.3) is 0 Å². The van der Waals surface area contributed by atoms with E-state index in [1.54, 1.807) is 0 Å². The highest BCUT2D eigenvalue weighted by atomic mass is 16.7. The van der Waals surface area contributed by atoms with E-state index in [-0.39, 0.29) is 18.6 Å². The minimum absolute atomic E-state index is 0.0657. The van der Waals surface area contributed by atoms with Crippen molar-refractivity contribution in [3.05, 3.63) is 0 Å². The normalized spacial score (nSPS) is 11.9. The minimum atomic E-state index is -1.65. The summed E-state index contributed by atoms with van der Waals surface area (Å²) in [4.78, 5) is 32.7. The van der Waals surface area contributed by atoms with Crippen LogP contribution in [0.15, 0.2) is 0 Å². The number of ketones is 1. The molecule has 0 aromatic rings. The van der Waals surface area contributed by atoms with E-state index in [4.69, 9.17) is 10.8 Å². The summed E-state index contributed by atoms with van der Waals surface area (Å²) < 4.78 is 3.91. The maximum atomic E-state index is 11.7.